The molecule has 0 saturated carbocycles. The molecule has 0 aliphatic rings. The molecule has 1 unspecified atom stereocenters. The maximum absolute atomic E-state index is 11.8. The van der Waals surface area contributed by atoms with Crippen LogP contribution in [0.3, 0.4) is 0 Å². The minimum absolute atomic E-state index is 0.225. The monoisotopic (exact) mass is 312 g/mol. The van der Waals surface area contributed by atoms with Gasteiger partial charge in [0.15, 0.2) is 0 Å². The van der Waals surface area contributed by atoms with E-state index in [1.54, 1.807) is 12.1 Å². The maximum Gasteiger partial charge on any atom is 0.338 e. The average molecular weight is 313 g/mol. The van der Waals surface area contributed by atoms with Crippen molar-refractivity contribution in [1.82, 2.24) is 0 Å². The van der Waals surface area contributed by atoms with Crippen LogP contribution >= 0.6 is 15.9 Å². The lowest BCUT2D eigenvalue weighted by Crippen LogP contribution is -2.14. The van der Waals surface area contributed by atoms with Crippen LogP contribution in [0.2, 0.25) is 0 Å². The highest BCUT2D eigenvalue weighted by atomic mass is 79.9. The van der Waals surface area contributed by atoms with E-state index in [2.05, 4.69) is 29.8 Å². The van der Waals surface area contributed by atoms with Crippen molar-refractivity contribution in [3.8, 4) is 0 Å². The van der Waals surface area contributed by atoms with Crippen LogP contribution in [-0.2, 0) is 4.74 Å². The van der Waals surface area contributed by atoms with Gasteiger partial charge in [0.05, 0.1) is 12.2 Å². The summed E-state index contributed by atoms with van der Waals surface area (Å²) in [5.74, 6) is 0.266. The van der Waals surface area contributed by atoms with Crippen molar-refractivity contribution in [2.24, 2.45) is 5.92 Å². The third kappa shape index (κ3) is 5.21. The number of carbonyl (C=O) groups excluding carboxylic acids is 1. The first-order valence-corrected chi connectivity index (χ1v) is 7.39. The van der Waals surface area contributed by atoms with E-state index in [1.165, 1.54) is 12.8 Å². The van der Waals surface area contributed by atoms with E-state index < -0.39 is 0 Å². The molecule has 0 aliphatic heterocycles. The Bertz CT molecular complexity index is 359. The molecular weight excluding hydrogens is 292 g/mol. The number of halogens is 1. The number of carbonyl (C=O) groups is 1. The summed E-state index contributed by atoms with van der Waals surface area (Å²) in [5.41, 5.74) is 0.614. The summed E-state index contributed by atoms with van der Waals surface area (Å²) in [7, 11) is 0. The van der Waals surface area contributed by atoms with Gasteiger partial charge in [-0.05, 0) is 36.6 Å². The van der Waals surface area contributed by atoms with Crippen LogP contribution in [0.5, 0.6) is 0 Å². The third-order valence-corrected chi connectivity index (χ3v) is 3.60. The Morgan fingerprint density at radius 3 is 2.50 bits per heavy atom. The van der Waals surface area contributed by atoms with E-state index in [0.29, 0.717) is 18.1 Å². The van der Waals surface area contributed by atoms with Gasteiger partial charge in [0.25, 0.3) is 0 Å². The van der Waals surface area contributed by atoms with Gasteiger partial charge in [-0.2, -0.15) is 0 Å². The minimum atomic E-state index is -0.225. The van der Waals surface area contributed by atoms with Crippen LogP contribution in [0.25, 0.3) is 0 Å². The van der Waals surface area contributed by atoms with Gasteiger partial charge in [-0.1, -0.05) is 49.0 Å². The fraction of sp³-hybridized carbons (Fsp3) is 0.533. The number of hydrogen-bond acceptors (Lipinski definition) is 2. The molecule has 100 valence electrons. The van der Waals surface area contributed by atoms with Crippen LogP contribution in [0, 0.1) is 5.92 Å². The van der Waals surface area contributed by atoms with Gasteiger partial charge < -0.3 is 4.74 Å². The zero-order chi connectivity index (χ0) is 13.4. The smallest absolute Gasteiger partial charge is 0.338 e. The Kier molecular flexibility index (Phi) is 7.02. The largest absolute Gasteiger partial charge is 0.462 e. The SMILES string of the molecule is CCCCC(CC)COC(=O)c1ccc(Br)cc1. The highest BCUT2D eigenvalue weighted by molar-refractivity contribution is 9.10. The molecule has 0 bridgehead atoms. The Balaban J connectivity index is 2.42. The number of hydrogen-bond donors (Lipinski definition) is 0. The molecule has 0 spiro atoms. The zero-order valence-electron chi connectivity index (χ0n) is 11.1. The van der Waals surface area contributed by atoms with Crippen molar-refractivity contribution in [1.29, 1.82) is 0 Å². The quantitative estimate of drug-likeness (QED) is 0.674. The standard InChI is InChI=1S/C15H21BrO2/c1-3-5-6-12(4-2)11-18-15(17)13-7-9-14(16)10-8-13/h7-10,12H,3-6,11H2,1-2H3. The molecule has 1 atom stereocenters. The summed E-state index contributed by atoms with van der Waals surface area (Å²) < 4.78 is 6.33. The van der Waals surface area contributed by atoms with E-state index >= 15 is 0 Å². The minimum Gasteiger partial charge on any atom is -0.462 e. The molecular formula is C15H21BrO2. The molecule has 2 nitrogen and oxygen atoms in total. The van der Waals surface area contributed by atoms with Crippen LogP contribution in [0.15, 0.2) is 28.7 Å². The van der Waals surface area contributed by atoms with Crippen molar-refractivity contribution in [3.63, 3.8) is 0 Å². The van der Waals surface area contributed by atoms with Gasteiger partial charge in [0.2, 0.25) is 0 Å². The van der Waals surface area contributed by atoms with Gasteiger partial charge in [0, 0.05) is 4.47 Å². The first-order valence-electron chi connectivity index (χ1n) is 6.60. The van der Waals surface area contributed by atoms with Gasteiger partial charge in [-0.25, -0.2) is 4.79 Å². The fourth-order valence-corrected chi connectivity index (χ4v) is 2.03. The Morgan fingerprint density at radius 1 is 1.28 bits per heavy atom. The lowest BCUT2D eigenvalue weighted by atomic mass is 10.0. The predicted octanol–water partition coefficient (Wildman–Crippen LogP) is 4.82. The maximum atomic E-state index is 11.8. The highest BCUT2D eigenvalue weighted by Crippen LogP contribution is 2.15. The number of esters is 1. The van der Waals surface area contributed by atoms with Gasteiger partial charge in [0.1, 0.15) is 0 Å². The normalized spacial score (nSPS) is 12.2. The van der Waals surface area contributed by atoms with E-state index in [9.17, 15) is 4.79 Å². The van der Waals surface area contributed by atoms with Crippen molar-refractivity contribution in [2.75, 3.05) is 6.61 Å². The second-order valence-electron chi connectivity index (χ2n) is 4.52. The first-order chi connectivity index (χ1) is 8.67. The van der Waals surface area contributed by atoms with Crippen molar-refractivity contribution in [2.45, 2.75) is 39.5 Å². The summed E-state index contributed by atoms with van der Waals surface area (Å²) in [5, 5.41) is 0. The summed E-state index contributed by atoms with van der Waals surface area (Å²) in [6, 6.07) is 7.26. The Morgan fingerprint density at radius 2 is 1.94 bits per heavy atom. The average Bonchev–Trinajstić information content (AvgIpc) is 2.39. The van der Waals surface area contributed by atoms with E-state index in [1.807, 2.05) is 12.1 Å². The lowest BCUT2D eigenvalue weighted by molar-refractivity contribution is 0.0428. The molecule has 1 aromatic carbocycles. The molecule has 1 aromatic rings. The van der Waals surface area contributed by atoms with Crippen LogP contribution in [-0.4, -0.2) is 12.6 Å². The topological polar surface area (TPSA) is 26.3 Å². The van der Waals surface area contributed by atoms with Crippen LogP contribution < -0.4 is 0 Å². The predicted molar refractivity (Wildman–Crippen MR) is 77.7 cm³/mol. The second-order valence-corrected chi connectivity index (χ2v) is 5.44. The summed E-state index contributed by atoms with van der Waals surface area (Å²) in [6.07, 6.45) is 4.60. The van der Waals surface area contributed by atoms with Gasteiger partial charge >= 0.3 is 5.97 Å². The third-order valence-electron chi connectivity index (χ3n) is 3.07. The molecule has 18 heavy (non-hydrogen) atoms. The molecule has 0 amide bonds. The van der Waals surface area contributed by atoms with Crippen LogP contribution in [0.4, 0.5) is 0 Å². The molecule has 0 heterocycles. The van der Waals surface area contributed by atoms with Crippen molar-refractivity contribution < 1.29 is 9.53 Å². The summed E-state index contributed by atoms with van der Waals surface area (Å²) >= 11 is 3.34. The van der Waals surface area contributed by atoms with Gasteiger partial charge in [-0.15, -0.1) is 0 Å². The molecule has 0 radical (unpaired) electrons. The molecule has 0 N–H and O–H groups in total. The molecule has 0 aromatic heterocycles. The van der Waals surface area contributed by atoms with Crippen LogP contribution in [0.1, 0.15) is 49.9 Å². The number of benzene rings is 1. The molecule has 0 fully saturated rings. The number of rotatable bonds is 7. The highest BCUT2D eigenvalue weighted by Gasteiger charge is 2.11. The summed E-state index contributed by atoms with van der Waals surface area (Å²) in [6.45, 7) is 4.86. The number of unbranched alkanes of at least 4 members (excludes halogenated alkanes) is 1. The zero-order valence-corrected chi connectivity index (χ0v) is 12.7. The van der Waals surface area contributed by atoms with Gasteiger partial charge in [-0.3, -0.25) is 0 Å². The van der Waals surface area contributed by atoms with E-state index in [-0.39, 0.29) is 5.97 Å². The van der Waals surface area contributed by atoms with Crippen molar-refractivity contribution >= 4 is 21.9 Å². The Hall–Kier alpha value is -0.830. The molecule has 3 heteroatoms. The van der Waals surface area contributed by atoms with Crippen molar-refractivity contribution in [3.05, 3.63) is 34.3 Å². The fourth-order valence-electron chi connectivity index (χ4n) is 1.76. The second kappa shape index (κ2) is 8.30. The molecule has 1 rings (SSSR count). The Labute approximate surface area is 118 Å². The lowest BCUT2D eigenvalue weighted by Gasteiger charge is -2.14. The summed E-state index contributed by atoms with van der Waals surface area (Å²) in [4.78, 5) is 11.8. The first kappa shape index (κ1) is 15.2. The molecule has 0 aliphatic carbocycles. The number of ether oxygens (including phenoxy) is 1. The molecule has 0 saturated heterocycles. The van der Waals surface area contributed by atoms with E-state index in [0.717, 1.165) is 17.3 Å². The van der Waals surface area contributed by atoms with E-state index in [4.69, 9.17) is 4.74 Å².